The van der Waals surface area contributed by atoms with Gasteiger partial charge in [0.2, 0.25) is 0 Å². The van der Waals surface area contributed by atoms with Gasteiger partial charge in [0.25, 0.3) is 5.56 Å². The van der Waals surface area contributed by atoms with Crippen molar-refractivity contribution < 1.29 is 4.74 Å². The van der Waals surface area contributed by atoms with Crippen molar-refractivity contribution in [1.29, 1.82) is 0 Å². The van der Waals surface area contributed by atoms with E-state index in [-0.39, 0.29) is 17.0 Å². The number of methoxy groups -OCH3 is 1. The first-order valence-corrected chi connectivity index (χ1v) is 7.80. The molecule has 2 rings (SSSR count). The Morgan fingerprint density at radius 2 is 1.90 bits per heavy atom. The highest BCUT2D eigenvalue weighted by Gasteiger charge is 2.25. The monoisotopic (exact) mass is 306 g/mol. The van der Waals surface area contributed by atoms with Gasteiger partial charge in [-0.05, 0) is 18.7 Å². The quantitative estimate of drug-likeness (QED) is 0.919. The second kappa shape index (κ2) is 6.78. The van der Waals surface area contributed by atoms with Crippen molar-refractivity contribution in [2.24, 2.45) is 0 Å². The maximum Gasteiger partial charge on any atom is 0.329 e. The van der Waals surface area contributed by atoms with E-state index in [1.807, 2.05) is 36.6 Å². The molecular formula is C15H18N2O3S. The molecule has 1 aromatic carbocycles. The molecule has 0 saturated heterocycles. The third-order valence-electron chi connectivity index (χ3n) is 3.30. The lowest BCUT2D eigenvalue weighted by molar-refractivity contribution is 0.0832. The standard InChI is InChI=1S/C15H18N2O3S/c1-10-9-17(15(19)16-13(10)18)14(21-3)12(20-2)11-7-5-4-6-8-11/h4-9,12,14H,1-3H3,(H,16,18,19)/t12-,14+/m0/s1. The van der Waals surface area contributed by atoms with Crippen LogP contribution in [0.1, 0.15) is 22.6 Å². The number of ether oxygens (including phenoxy) is 1. The van der Waals surface area contributed by atoms with Gasteiger partial charge in [0, 0.05) is 18.9 Å². The van der Waals surface area contributed by atoms with E-state index < -0.39 is 5.69 Å². The molecule has 2 aromatic rings. The highest BCUT2D eigenvalue weighted by molar-refractivity contribution is 7.98. The second-order valence-electron chi connectivity index (χ2n) is 4.67. The molecule has 21 heavy (non-hydrogen) atoms. The summed E-state index contributed by atoms with van der Waals surface area (Å²) in [6.07, 6.45) is 3.20. The van der Waals surface area contributed by atoms with Crippen LogP contribution in [0.4, 0.5) is 0 Å². The van der Waals surface area contributed by atoms with Gasteiger partial charge >= 0.3 is 5.69 Å². The number of thioether (sulfide) groups is 1. The van der Waals surface area contributed by atoms with Crippen LogP contribution in [-0.2, 0) is 4.74 Å². The first-order valence-electron chi connectivity index (χ1n) is 6.51. The van der Waals surface area contributed by atoms with E-state index in [0.29, 0.717) is 5.56 Å². The van der Waals surface area contributed by atoms with Crippen LogP contribution >= 0.6 is 11.8 Å². The molecule has 0 aliphatic heterocycles. The number of benzene rings is 1. The van der Waals surface area contributed by atoms with E-state index in [4.69, 9.17) is 4.74 Å². The van der Waals surface area contributed by atoms with Crippen molar-refractivity contribution in [2.75, 3.05) is 13.4 Å². The van der Waals surface area contributed by atoms with Crippen LogP contribution in [-0.4, -0.2) is 22.9 Å². The predicted octanol–water partition coefficient (Wildman–Crippen LogP) is 2.09. The normalized spacial score (nSPS) is 13.9. The number of nitrogens with one attached hydrogen (secondary N) is 1. The minimum atomic E-state index is -0.428. The molecule has 0 unspecified atom stereocenters. The van der Waals surface area contributed by atoms with Crippen LogP contribution in [0.15, 0.2) is 46.1 Å². The average Bonchev–Trinajstić information content (AvgIpc) is 2.50. The van der Waals surface area contributed by atoms with Gasteiger partial charge in [0.1, 0.15) is 11.5 Å². The molecule has 0 aliphatic carbocycles. The van der Waals surface area contributed by atoms with Crippen LogP contribution < -0.4 is 11.2 Å². The molecule has 0 spiro atoms. The SMILES string of the molecule is CO[C@@H](c1ccccc1)[C@@H](SC)n1cc(C)c(=O)[nH]c1=O. The third kappa shape index (κ3) is 3.28. The molecule has 6 heteroatoms. The zero-order valence-electron chi connectivity index (χ0n) is 12.2. The number of hydrogen-bond donors (Lipinski definition) is 1. The van der Waals surface area contributed by atoms with Crippen LogP contribution in [0, 0.1) is 6.92 Å². The van der Waals surface area contributed by atoms with E-state index in [2.05, 4.69) is 4.98 Å². The highest BCUT2D eigenvalue weighted by Crippen LogP contribution is 2.35. The Morgan fingerprint density at radius 1 is 1.24 bits per heavy atom. The molecule has 1 heterocycles. The molecule has 0 radical (unpaired) electrons. The first kappa shape index (κ1) is 15.6. The van der Waals surface area contributed by atoms with Crippen LogP contribution in [0.25, 0.3) is 0 Å². The molecule has 1 aromatic heterocycles. The molecule has 2 atom stereocenters. The van der Waals surface area contributed by atoms with E-state index in [1.165, 1.54) is 16.3 Å². The number of aromatic nitrogens is 2. The zero-order valence-corrected chi connectivity index (χ0v) is 13.0. The number of aromatic amines is 1. The van der Waals surface area contributed by atoms with Crippen LogP contribution in [0.5, 0.6) is 0 Å². The van der Waals surface area contributed by atoms with E-state index >= 15 is 0 Å². The lowest BCUT2D eigenvalue weighted by Crippen LogP contribution is -2.34. The Morgan fingerprint density at radius 3 is 2.48 bits per heavy atom. The van der Waals surface area contributed by atoms with Gasteiger partial charge in [0.15, 0.2) is 0 Å². The number of hydrogen-bond acceptors (Lipinski definition) is 4. The summed E-state index contributed by atoms with van der Waals surface area (Å²) in [5.74, 6) is 0. The van der Waals surface area contributed by atoms with E-state index in [1.54, 1.807) is 20.2 Å². The number of rotatable bonds is 5. The second-order valence-corrected chi connectivity index (χ2v) is 5.63. The molecular weight excluding hydrogens is 288 g/mol. The molecule has 5 nitrogen and oxygen atoms in total. The van der Waals surface area contributed by atoms with Crippen molar-refractivity contribution >= 4 is 11.8 Å². The number of nitrogens with zero attached hydrogens (tertiary/aromatic N) is 1. The summed E-state index contributed by atoms with van der Waals surface area (Å²) < 4.78 is 7.11. The average molecular weight is 306 g/mol. The molecule has 0 saturated carbocycles. The summed E-state index contributed by atoms with van der Waals surface area (Å²) in [6, 6.07) is 9.71. The molecule has 0 aliphatic rings. The van der Waals surface area contributed by atoms with Gasteiger partial charge < -0.3 is 4.74 Å². The molecule has 1 N–H and O–H groups in total. The Bertz CT molecular complexity index is 709. The fourth-order valence-electron chi connectivity index (χ4n) is 2.22. The summed E-state index contributed by atoms with van der Waals surface area (Å²) in [5.41, 5.74) is 0.694. The highest BCUT2D eigenvalue weighted by atomic mass is 32.2. The van der Waals surface area contributed by atoms with Crippen molar-refractivity contribution in [3.63, 3.8) is 0 Å². The lowest BCUT2D eigenvalue weighted by atomic mass is 10.1. The van der Waals surface area contributed by atoms with Crippen molar-refractivity contribution in [3.8, 4) is 0 Å². The van der Waals surface area contributed by atoms with Crippen LogP contribution in [0.3, 0.4) is 0 Å². The van der Waals surface area contributed by atoms with Crippen LogP contribution in [0.2, 0.25) is 0 Å². The van der Waals surface area contributed by atoms with Gasteiger partial charge in [-0.25, -0.2) is 4.79 Å². The van der Waals surface area contributed by atoms with Gasteiger partial charge in [-0.15, -0.1) is 11.8 Å². The molecule has 0 bridgehead atoms. The van der Waals surface area contributed by atoms with E-state index in [0.717, 1.165) is 5.56 Å². The van der Waals surface area contributed by atoms with Gasteiger partial charge in [0.05, 0.1) is 0 Å². The maximum absolute atomic E-state index is 12.1. The Kier molecular flexibility index (Phi) is 5.03. The Balaban J connectivity index is 2.50. The lowest BCUT2D eigenvalue weighted by Gasteiger charge is -2.26. The summed E-state index contributed by atoms with van der Waals surface area (Å²) in [7, 11) is 1.62. The summed E-state index contributed by atoms with van der Waals surface area (Å²) in [6.45, 7) is 1.68. The fraction of sp³-hybridized carbons (Fsp3) is 0.333. The van der Waals surface area contributed by atoms with Crippen molar-refractivity contribution in [3.05, 3.63) is 68.5 Å². The first-order chi connectivity index (χ1) is 10.1. The smallest absolute Gasteiger partial charge is 0.329 e. The van der Waals surface area contributed by atoms with Crippen molar-refractivity contribution in [2.45, 2.75) is 18.4 Å². The summed E-state index contributed by atoms with van der Waals surface area (Å²) in [5, 5.41) is -0.263. The topological polar surface area (TPSA) is 64.1 Å². The number of aryl methyl sites for hydroxylation is 1. The molecule has 0 fully saturated rings. The van der Waals surface area contributed by atoms with Gasteiger partial charge in [-0.3, -0.25) is 14.3 Å². The van der Waals surface area contributed by atoms with Crippen molar-refractivity contribution in [1.82, 2.24) is 9.55 Å². The zero-order chi connectivity index (χ0) is 15.4. The predicted molar refractivity (Wildman–Crippen MR) is 84.8 cm³/mol. The summed E-state index contributed by atoms with van der Waals surface area (Å²) >= 11 is 1.50. The third-order valence-corrected chi connectivity index (χ3v) is 4.26. The van der Waals surface area contributed by atoms with Gasteiger partial charge in [-0.2, -0.15) is 0 Å². The molecule has 0 amide bonds. The fourth-order valence-corrected chi connectivity index (χ4v) is 3.12. The Hall–Kier alpha value is -1.79. The minimum absolute atomic E-state index is 0.263. The van der Waals surface area contributed by atoms with Gasteiger partial charge in [-0.1, -0.05) is 30.3 Å². The van der Waals surface area contributed by atoms with E-state index in [9.17, 15) is 9.59 Å². The Labute approximate surface area is 127 Å². The minimum Gasteiger partial charge on any atom is -0.374 e. The maximum atomic E-state index is 12.1. The largest absolute Gasteiger partial charge is 0.374 e. The summed E-state index contributed by atoms with van der Waals surface area (Å²) in [4.78, 5) is 25.9. The molecule has 112 valence electrons. The number of H-pyrrole nitrogens is 1.